The molecule has 0 radical (unpaired) electrons. The number of aromatic nitrogens is 2. The minimum absolute atomic E-state index is 0.254. The van der Waals surface area contributed by atoms with Crippen LogP contribution >= 0.6 is 15.9 Å². The predicted molar refractivity (Wildman–Crippen MR) is 73.0 cm³/mol. The zero-order chi connectivity index (χ0) is 12.8. The van der Waals surface area contributed by atoms with Crippen molar-refractivity contribution in [2.45, 2.75) is 40.3 Å². The number of rotatable bonds is 7. The lowest BCUT2D eigenvalue weighted by Gasteiger charge is -2.20. The third-order valence-electron chi connectivity index (χ3n) is 2.91. The Hall–Kier alpha value is -0.390. The van der Waals surface area contributed by atoms with Gasteiger partial charge in [-0.15, -0.1) is 0 Å². The Kier molecular flexibility index (Phi) is 6.16. The van der Waals surface area contributed by atoms with E-state index in [9.17, 15) is 0 Å². The lowest BCUT2D eigenvalue weighted by Crippen LogP contribution is -2.26. The van der Waals surface area contributed by atoms with Gasteiger partial charge in [0.2, 0.25) is 0 Å². The second-order valence-electron chi connectivity index (χ2n) is 4.11. The predicted octanol–water partition coefficient (Wildman–Crippen LogP) is 2.18. The van der Waals surface area contributed by atoms with Crippen molar-refractivity contribution in [3.8, 4) is 0 Å². The fraction of sp³-hybridized carbons (Fsp3) is 0.750. The van der Waals surface area contributed by atoms with E-state index in [0.717, 1.165) is 42.8 Å². The summed E-state index contributed by atoms with van der Waals surface area (Å²) in [5, 5.41) is 13.4. The van der Waals surface area contributed by atoms with Gasteiger partial charge in [0, 0.05) is 26.2 Å². The monoisotopic (exact) mass is 303 g/mol. The molecule has 0 aromatic carbocycles. The molecule has 0 saturated carbocycles. The molecule has 0 atom stereocenters. The highest BCUT2D eigenvalue weighted by Gasteiger charge is 2.14. The molecule has 0 unspecified atom stereocenters. The Bertz CT molecular complexity index is 352. The third-order valence-corrected chi connectivity index (χ3v) is 3.94. The molecule has 0 spiro atoms. The summed E-state index contributed by atoms with van der Waals surface area (Å²) in [6, 6.07) is 0. The Labute approximate surface area is 112 Å². The maximum atomic E-state index is 8.88. The van der Waals surface area contributed by atoms with Crippen LogP contribution in [0.2, 0.25) is 0 Å². The van der Waals surface area contributed by atoms with Gasteiger partial charge in [0.05, 0.1) is 15.9 Å². The zero-order valence-corrected chi connectivity index (χ0v) is 12.5. The van der Waals surface area contributed by atoms with Gasteiger partial charge in [-0.1, -0.05) is 6.92 Å². The zero-order valence-electron chi connectivity index (χ0n) is 10.9. The maximum Gasteiger partial charge on any atom is 0.0739 e. The van der Waals surface area contributed by atoms with E-state index in [2.05, 4.69) is 39.8 Å². The Morgan fingerprint density at radius 3 is 2.65 bits per heavy atom. The Morgan fingerprint density at radius 2 is 2.12 bits per heavy atom. The van der Waals surface area contributed by atoms with Crippen LogP contribution in [0.1, 0.15) is 31.7 Å². The second-order valence-corrected chi connectivity index (χ2v) is 4.90. The molecule has 0 aliphatic rings. The molecular weight excluding hydrogens is 282 g/mol. The molecule has 0 bridgehead atoms. The molecule has 1 heterocycles. The molecule has 1 aromatic rings. The molecule has 4 nitrogen and oxygen atoms in total. The summed E-state index contributed by atoms with van der Waals surface area (Å²) in [6.07, 6.45) is 0.824. The van der Waals surface area contributed by atoms with Crippen molar-refractivity contribution < 1.29 is 5.11 Å². The van der Waals surface area contributed by atoms with Crippen LogP contribution in [0, 0.1) is 6.92 Å². The van der Waals surface area contributed by atoms with E-state index in [1.54, 1.807) is 0 Å². The fourth-order valence-corrected chi connectivity index (χ4v) is 2.28. The summed E-state index contributed by atoms with van der Waals surface area (Å²) in [4.78, 5) is 2.32. The smallest absolute Gasteiger partial charge is 0.0739 e. The first-order valence-corrected chi connectivity index (χ1v) is 6.98. The summed E-state index contributed by atoms with van der Waals surface area (Å²) in [7, 11) is 0. The maximum absolute atomic E-state index is 8.88. The van der Waals surface area contributed by atoms with Crippen molar-refractivity contribution in [3.05, 3.63) is 15.9 Å². The number of halogens is 1. The van der Waals surface area contributed by atoms with Gasteiger partial charge in [0.15, 0.2) is 0 Å². The molecule has 0 amide bonds. The summed E-state index contributed by atoms with van der Waals surface area (Å²) in [5.41, 5.74) is 2.27. The van der Waals surface area contributed by atoms with E-state index in [0.29, 0.717) is 0 Å². The van der Waals surface area contributed by atoms with Crippen molar-refractivity contribution in [2.24, 2.45) is 0 Å². The van der Waals surface area contributed by atoms with Gasteiger partial charge in [-0.25, -0.2) is 0 Å². The van der Waals surface area contributed by atoms with Gasteiger partial charge in [-0.2, -0.15) is 5.10 Å². The summed E-state index contributed by atoms with van der Waals surface area (Å²) in [6.45, 7) is 10.2. The lowest BCUT2D eigenvalue weighted by atomic mass is 10.3. The molecule has 1 N–H and O–H groups in total. The fourth-order valence-electron chi connectivity index (χ4n) is 1.88. The van der Waals surface area contributed by atoms with Crippen molar-refractivity contribution in [2.75, 3.05) is 19.7 Å². The highest BCUT2D eigenvalue weighted by Crippen LogP contribution is 2.22. The summed E-state index contributed by atoms with van der Waals surface area (Å²) in [5.74, 6) is 0. The molecule has 0 fully saturated rings. The van der Waals surface area contributed by atoms with Crippen molar-refractivity contribution in [1.29, 1.82) is 0 Å². The number of aliphatic hydroxyl groups is 1. The molecule has 0 aliphatic carbocycles. The topological polar surface area (TPSA) is 41.3 Å². The third kappa shape index (κ3) is 3.79. The molecular formula is C12H22BrN3O. The van der Waals surface area contributed by atoms with Crippen LogP contribution in [-0.2, 0) is 13.1 Å². The molecule has 1 rings (SSSR count). The summed E-state index contributed by atoms with van der Waals surface area (Å²) >= 11 is 3.61. The van der Waals surface area contributed by atoms with E-state index in [-0.39, 0.29) is 6.61 Å². The molecule has 98 valence electrons. The van der Waals surface area contributed by atoms with Crippen molar-refractivity contribution >= 4 is 15.9 Å². The van der Waals surface area contributed by atoms with Crippen LogP contribution in [0.4, 0.5) is 0 Å². The van der Waals surface area contributed by atoms with Crippen LogP contribution in [0.5, 0.6) is 0 Å². The van der Waals surface area contributed by atoms with Crippen LogP contribution in [0.15, 0.2) is 4.47 Å². The van der Waals surface area contributed by atoms with Gasteiger partial charge in [-0.3, -0.25) is 9.58 Å². The van der Waals surface area contributed by atoms with Crippen molar-refractivity contribution in [1.82, 2.24) is 14.7 Å². The first-order valence-electron chi connectivity index (χ1n) is 6.19. The van der Waals surface area contributed by atoms with E-state index in [1.807, 2.05) is 11.6 Å². The molecule has 0 aliphatic heterocycles. The second kappa shape index (κ2) is 7.13. The normalized spacial score (nSPS) is 11.4. The highest BCUT2D eigenvalue weighted by atomic mass is 79.9. The van der Waals surface area contributed by atoms with Crippen molar-refractivity contribution in [3.63, 3.8) is 0 Å². The number of aryl methyl sites for hydroxylation is 2. The minimum atomic E-state index is 0.254. The summed E-state index contributed by atoms with van der Waals surface area (Å²) < 4.78 is 3.16. The van der Waals surface area contributed by atoms with Crippen LogP contribution < -0.4 is 0 Å². The molecule has 17 heavy (non-hydrogen) atoms. The highest BCUT2D eigenvalue weighted by molar-refractivity contribution is 9.10. The number of aliphatic hydroxyl groups excluding tert-OH is 1. The number of hydrogen-bond donors (Lipinski definition) is 1. The van der Waals surface area contributed by atoms with E-state index < -0.39 is 0 Å². The van der Waals surface area contributed by atoms with E-state index in [4.69, 9.17) is 5.11 Å². The molecule has 5 heteroatoms. The van der Waals surface area contributed by atoms with Gasteiger partial charge < -0.3 is 5.11 Å². The van der Waals surface area contributed by atoms with E-state index in [1.165, 1.54) is 5.69 Å². The largest absolute Gasteiger partial charge is 0.396 e. The lowest BCUT2D eigenvalue weighted by molar-refractivity contribution is 0.221. The standard InChI is InChI=1S/C12H22BrN3O/c1-4-15(7-6-8-17)9-11-12(13)10(3)14-16(11)5-2/h17H,4-9H2,1-3H3. The Morgan fingerprint density at radius 1 is 1.41 bits per heavy atom. The number of hydrogen-bond acceptors (Lipinski definition) is 3. The quantitative estimate of drug-likeness (QED) is 0.839. The van der Waals surface area contributed by atoms with Gasteiger partial charge in [0.25, 0.3) is 0 Å². The Balaban J connectivity index is 2.77. The molecule has 1 aromatic heterocycles. The SMILES string of the molecule is CCN(CCCO)Cc1c(Br)c(C)nn1CC. The van der Waals surface area contributed by atoms with Crippen LogP contribution in [0.25, 0.3) is 0 Å². The minimum Gasteiger partial charge on any atom is -0.396 e. The average molecular weight is 304 g/mol. The average Bonchev–Trinajstić information content (AvgIpc) is 2.61. The number of nitrogens with zero attached hydrogens (tertiary/aromatic N) is 3. The molecule has 0 saturated heterocycles. The van der Waals surface area contributed by atoms with Gasteiger partial charge >= 0.3 is 0 Å². The first-order chi connectivity index (χ1) is 8.13. The van der Waals surface area contributed by atoms with Crippen LogP contribution in [-0.4, -0.2) is 39.5 Å². The first kappa shape index (κ1) is 14.7. The van der Waals surface area contributed by atoms with Crippen LogP contribution in [0.3, 0.4) is 0 Å². The van der Waals surface area contributed by atoms with Gasteiger partial charge in [-0.05, 0) is 42.7 Å². The van der Waals surface area contributed by atoms with E-state index >= 15 is 0 Å². The van der Waals surface area contributed by atoms with Gasteiger partial charge in [0.1, 0.15) is 0 Å².